The van der Waals surface area contributed by atoms with Gasteiger partial charge in [-0.2, -0.15) is 0 Å². The molecule has 1 unspecified atom stereocenters. The monoisotopic (exact) mass is 255 g/mol. The van der Waals surface area contributed by atoms with E-state index in [1.807, 2.05) is 50.2 Å². The molecule has 2 aromatic rings. The number of aromatic hydroxyl groups is 1. The molecule has 0 aliphatic carbocycles. The molecule has 0 saturated carbocycles. The van der Waals surface area contributed by atoms with Crippen LogP contribution in [0.2, 0.25) is 0 Å². The van der Waals surface area contributed by atoms with Crippen LogP contribution in [0.4, 0.5) is 5.69 Å². The smallest absolute Gasteiger partial charge is 0.231 e. The van der Waals surface area contributed by atoms with E-state index < -0.39 is 0 Å². The van der Waals surface area contributed by atoms with Gasteiger partial charge in [0.1, 0.15) is 5.75 Å². The predicted molar refractivity (Wildman–Crippen MR) is 76.3 cm³/mol. The third-order valence-electron chi connectivity index (χ3n) is 3.10. The second kappa shape index (κ2) is 5.57. The number of benzene rings is 2. The lowest BCUT2D eigenvalue weighted by Gasteiger charge is -2.13. The van der Waals surface area contributed by atoms with Crippen LogP contribution in [0.25, 0.3) is 0 Å². The normalized spacial score (nSPS) is 11.9. The molecule has 0 heterocycles. The number of nitrogens with one attached hydrogen (secondary N) is 1. The van der Waals surface area contributed by atoms with Crippen molar-refractivity contribution in [2.75, 3.05) is 5.32 Å². The second-order valence-corrected chi connectivity index (χ2v) is 4.64. The van der Waals surface area contributed by atoms with E-state index in [1.54, 1.807) is 12.1 Å². The second-order valence-electron chi connectivity index (χ2n) is 4.64. The Labute approximate surface area is 112 Å². The third kappa shape index (κ3) is 3.13. The van der Waals surface area contributed by atoms with E-state index in [2.05, 4.69) is 5.32 Å². The van der Waals surface area contributed by atoms with Crippen LogP contribution in [0.1, 0.15) is 24.0 Å². The molecule has 2 aromatic carbocycles. The van der Waals surface area contributed by atoms with Crippen molar-refractivity contribution in [1.82, 2.24) is 0 Å². The lowest BCUT2D eigenvalue weighted by atomic mass is 10.0. The summed E-state index contributed by atoms with van der Waals surface area (Å²) in [4.78, 5) is 12.1. The summed E-state index contributed by atoms with van der Waals surface area (Å²) in [5, 5.41) is 12.5. The Balaban J connectivity index is 2.13. The van der Waals surface area contributed by atoms with Crippen LogP contribution in [0.15, 0.2) is 48.5 Å². The summed E-state index contributed by atoms with van der Waals surface area (Å²) in [5.41, 5.74) is 2.34. The van der Waals surface area contributed by atoms with Crippen LogP contribution < -0.4 is 5.32 Å². The van der Waals surface area contributed by atoms with Gasteiger partial charge in [-0.3, -0.25) is 4.79 Å². The van der Waals surface area contributed by atoms with E-state index in [9.17, 15) is 9.90 Å². The molecule has 0 aliphatic heterocycles. The Morgan fingerprint density at radius 3 is 2.47 bits per heavy atom. The minimum absolute atomic E-state index is 0.0913. The van der Waals surface area contributed by atoms with Gasteiger partial charge < -0.3 is 10.4 Å². The number of rotatable bonds is 3. The van der Waals surface area contributed by atoms with Crippen LogP contribution in [0.3, 0.4) is 0 Å². The fraction of sp³-hybridized carbons (Fsp3) is 0.188. The summed E-state index contributed by atoms with van der Waals surface area (Å²) in [5.74, 6) is -0.305. The highest BCUT2D eigenvalue weighted by molar-refractivity contribution is 5.96. The number of aryl methyl sites for hydroxylation is 1. The highest BCUT2D eigenvalue weighted by Crippen LogP contribution is 2.25. The Hall–Kier alpha value is -2.29. The van der Waals surface area contributed by atoms with Gasteiger partial charge >= 0.3 is 0 Å². The molecule has 1 atom stereocenters. The van der Waals surface area contributed by atoms with Crippen LogP contribution in [-0.4, -0.2) is 11.0 Å². The average Bonchev–Trinajstić information content (AvgIpc) is 2.42. The number of hydrogen-bond donors (Lipinski definition) is 2. The van der Waals surface area contributed by atoms with Gasteiger partial charge in [-0.05, 0) is 37.1 Å². The number of amides is 1. The molecule has 2 N–H and O–H groups in total. The van der Waals surface area contributed by atoms with Crippen molar-refractivity contribution in [3.05, 3.63) is 59.7 Å². The van der Waals surface area contributed by atoms with E-state index in [-0.39, 0.29) is 17.6 Å². The number of phenols is 1. The molecule has 0 bridgehead atoms. The van der Waals surface area contributed by atoms with Gasteiger partial charge in [0.15, 0.2) is 0 Å². The molecule has 3 nitrogen and oxygen atoms in total. The van der Waals surface area contributed by atoms with Crippen LogP contribution in [0, 0.1) is 6.92 Å². The van der Waals surface area contributed by atoms with E-state index in [0.29, 0.717) is 5.69 Å². The van der Waals surface area contributed by atoms with E-state index >= 15 is 0 Å². The number of carbonyl (C=O) groups excluding carboxylic acids is 1. The molecule has 0 aromatic heterocycles. The van der Waals surface area contributed by atoms with Crippen molar-refractivity contribution in [3.63, 3.8) is 0 Å². The van der Waals surface area contributed by atoms with Crippen LogP contribution in [-0.2, 0) is 4.79 Å². The molecule has 3 heteroatoms. The topological polar surface area (TPSA) is 49.3 Å². The highest BCUT2D eigenvalue weighted by Gasteiger charge is 2.16. The van der Waals surface area contributed by atoms with Crippen molar-refractivity contribution in [2.45, 2.75) is 19.8 Å². The molecular weight excluding hydrogens is 238 g/mol. The number of hydrogen-bond acceptors (Lipinski definition) is 2. The molecule has 0 fully saturated rings. The third-order valence-corrected chi connectivity index (χ3v) is 3.10. The maximum absolute atomic E-state index is 12.1. The van der Waals surface area contributed by atoms with Crippen molar-refractivity contribution >= 4 is 11.6 Å². The van der Waals surface area contributed by atoms with Crippen LogP contribution >= 0.6 is 0 Å². The molecule has 0 saturated heterocycles. The van der Waals surface area contributed by atoms with E-state index in [4.69, 9.17) is 0 Å². The maximum Gasteiger partial charge on any atom is 0.231 e. The molecule has 0 radical (unpaired) electrons. The Bertz CT molecular complexity index is 579. The number of anilines is 1. The van der Waals surface area contributed by atoms with Crippen molar-refractivity contribution in [3.8, 4) is 5.75 Å². The fourth-order valence-electron chi connectivity index (χ4n) is 1.88. The zero-order valence-corrected chi connectivity index (χ0v) is 11.1. The summed E-state index contributed by atoms with van der Waals surface area (Å²) in [6.07, 6.45) is 0. The maximum atomic E-state index is 12.1. The molecule has 2 rings (SSSR count). The van der Waals surface area contributed by atoms with Gasteiger partial charge in [0.2, 0.25) is 5.91 Å². The first-order valence-electron chi connectivity index (χ1n) is 6.23. The zero-order valence-electron chi connectivity index (χ0n) is 11.1. The summed E-state index contributed by atoms with van der Waals surface area (Å²) >= 11 is 0. The highest BCUT2D eigenvalue weighted by atomic mass is 16.3. The van der Waals surface area contributed by atoms with Gasteiger partial charge in [-0.1, -0.05) is 36.4 Å². The Morgan fingerprint density at radius 2 is 1.84 bits per heavy atom. The molecule has 98 valence electrons. The standard InChI is InChI=1S/C16H17NO2/c1-11-8-9-14(15(18)10-11)17-16(19)12(2)13-6-4-3-5-7-13/h3-10,12,18H,1-2H3,(H,17,19). The largest absolute Gasteiger partial charge is 0.506 e. The van der Waals surface area contributed by atoms with Crippen molar-refractivity contribution in [2.24, 2.45) is 0 Å². The average molecular weight is 255 g/mol. The van der Waals surface area contributed by atoms with Gasteiger partial charge in [-0.25, -0.2) is 0 Å². The molecule has 19 heavy (non-hydrogen) atoms. The number of carbonyl (C=O) groups is 1. The van der Waals surface area contributed by atoms with Crippen LogP contribution in [0.5, 0.6) is 5.75 Å². The van der Waals surface area contributed by atoms with Gasteiger partial charge in [0.25, 0.3) is 0 Å². The molecule has 0 aliphatic rings. The fourth-order valence-corrected chi connectivity index (χ4v) is 1.88. The minimum Gasteiger partial charge on any atom is -0.506 e. The van der Waals surface area contributed by atoms with Gasteiger partial charge in [0, 0.05) is 0 Å². The molecule has 1 amide bonds. The van der Waals surface area contributed by atoms with E-state index in [0.717, 1.165) is 11.1 Å². The summed E-state index contributed by atoms with van der Waals surface area (Å²) in [6.45, 7) is 3.73. The minimum atomic E-state index is -0.262. The number of phenolic OH excluding ortho intramolecular Hbond substituents is 1. The van der Waals surface area contributed by atoms with Gasteiger partial charge in [-0.15, -0.1) is 0 Å². The van der Waals surface area contributed by atoms with E-state index in [1.165, 1.54) is 0 Å². The SMILES string of the molecule is Cc1ccc(NC(=O)C(C)c2ccccc2)c(O)c1. The van der Waals surface area contributed by atoms with Crippen molar-refractivity contribution in [1.29, 1.82) is 0 Å². The quantitative estimate of drug-likeness (QED) is 0.825. The lowest BCUT2D eigenvalue weighted by molar-refractivity contribution is -0.117. The Kier molecular flexibility index (Phi) is 3.85. The van der Waals surface area contributed by atoms with Gasteiger partial charge in [0.05, 0.1) is 11.6 Å². The van der Waals surface area contributed by atoms with Crippen molar-refractivity contribution < 1.29 is 9.90 Å². The summed E-state index contributed by atoms with van der Waals surface area (Å²) in [7, 11) is 0. The first-order chi connectivity index (χ1) is 9.08. The zero-order chi connectivity index (χ0) is 13.8. The first-order valence-corrected chi connectivity index (χ1v) is 6.23. The molecule has 0 spiro atoms. The summed E-state index contributed by atoms with van der Waals surface area (Å²) in [6, 6.07) is 14.7. The predicted octanol–water partition coefficient (Wildman–Crippen LogP) is 3.44. The Morgan fingerprint density at radius 1 is 1.16 bits per heavy atom. The molecular formula is C16H17NO2. The first kappa shape index (κ1) is 13.1. The lowest BCUT2D eigenvalue weighted by Crippen LogP contribution is -2.18. The summed E-state index contributed by atoms with van der Waals surface area (Å²) < 4.78 is 0.